The van der Waals surface area contributed by atoms with Crippen LogP contribution >= 0.6 is 0 Å². The van der Waals surface area contributed by atoms with Crippen LogP contribution in [0.25, 0.3) is 0 Å². The lowest BCUT2D eigenvalue weighted by atomic mass is 9.78. The largest absolute Gasteiger partial charge is 0.481 e. The molecule has 17 atom stereocenters. The van der Waals surface area contributed by atoms with E-state index in [1.807, 2.05) is 20.8 Å². The smallest absolute Gasteiger partial charge is 0.308 e. The molecule has 0 bridgehead atoms. The minimum Gasteiger partial charge on any atom is -0.481 e. The number of carboxylic acids is 1. The number of carbonyl (C=O) groups is 1. The summed E-state index contributed by atoms with van der Waals surface area (Å²) in [7, 11) is 1.52. The molecular weight excluding hydrogens is 608 g/mol. The fourth-order valence-electron chi connectivity index (χ4n) is 9.91. The molecule has 5 aliphatic rings. The Hall–Kier alpha value is -0.890. The number of aliphatic hydroxyl groups excluding tert-OH is 2. The SMILES string of the molecule is CC[C@@]1([C@@H]2O[C@@H]([C@H]3O[C@@](O)(CO)[C@H](C)C[C@H]3C)C[C@H]2C)CC[C@H]([C@]2(C)CC[C@]3(C[C@H](O)[C@@H](C)[C@@H]([C@@H](C)[C@@H](OC)[C@H](C)C(=O)O)O3)O2)O1. The van der Waals surface area contributed by atoms with Crippen LogP contribution in [0.15, 0.2) is 0 Å². The standard InChI is InChI=1S/C36H62O11/c1-10-34(31-20(3)16-26(43-31)28-19(2)15-21(4)36(41,18-37)46-28)12-11-27(44-34)33(8)13-14-35(47-33)17-25(38)22(5)30(45-35)23(6)29(42-9)24(7)32(39)40/h19-31,37-38,41H,10-18H2,1-9H3,(H,39,40)/t19-,20-,21-,22-,23+,24+,25+,26-,27-,28+,29-,30+,31-,33+,34+,35-,36+/m1/s1. The fraction of sp³-hybridized carbons (Fsp3) is 0.972. The van der Waals surface area contributed by atoms with E-state index in [2.05, 4.69) is 27.7 Å². The average Bonchev–Trinajstić information content (AvgIpc) is 3.73. The normalized spacial score (nSPS) is 50.9. The predicted octanol–water partition coefficient (Wildman–Crippen LogP) is 4.27. The highest BCUT2D eigenvalue weighted by Gasteiger charge is 2.62. The van der Waals surface area contributed by atoms with Crippen molar-refractivity contribution < 1.29 is 53.6 Å². The van der Waals surface area contributed by atoms with E-state index in [4.69, 9.17) is 28.4 Å². The molecule has 5 saturated heterocycles. The second-order valence-corrected chi connectivity index (χ2v) is 16.3. The Morgan fingerprint density at radius 2 is 1.72 bits per heavy atom. The molecule has 4 N–H and O–H groups in total. The first-order valence-electron chi connectivity index (χ1n) is 18.1. The molecule has 1 spiro atoms. The van der Waals surface area contributed by atoms with Crippen molar-refractivity contribution >= 4 is 5.97 Å². The molecular formula is C36H62O11. The van der Waals surface area contributed by atoms with Crippen LogP contribution in [0.3, 0.4) is 0 Å². The third-order valence-electron chi connectivity index (χ3n) is 13.0. The van der Waals surface area contributed by atoms with Gasteiger partial charge in [-0.25, -0.2) is 0 Å². The highest BCUT2D eigenvalue weighted by molar-refractivity contribution is 5.70. The van der Waals surface area contributed by atoms with Gasteiger partial charge in [-0.3, -0.25) is 4.79 Å². The number of aliphatic carboxylic acids is 1. The monoisotopic (exact) mass is 670 g/mol. The lowest BCUT2D eigenvalue weighted by Gasteiger charge is -2.49. The molecule has 11 heteroatoms. The van der Waals surface area contributed by atoms with Gasteiger partial charge in [0.25, 0.3) is 0 Å². The molecule has 0 unspecified atom stereocenters. The number of carboxylic acid groups (broad SMARTS) is 1. The molecule has 0 radical (unpaired) electrons. The highest BCUT2D eigenvalue weighted by Crippen LogP contribution is 2.55. The van der Waals surface area contributed by atoms with Gasteiger partial charge in [-0.05, 0) is 64.2 Å². The maximum absolute atomic E-state index is 11.8. The van der Waals surface area contributed by atoms with Crippen molar-refractivity contribution in [1.82, 2.24) is 0 Å². The summed E-state index contributed by atoms with van der Waals surface area (Å²) in [6.45, 7) is 15.6. The van der Waals surface area contributed by atoms with Crippen LogP contribution in [0, 0.1) is 35.5 Å². The van der Waals surface area contributed by atoms with E-state index in [0.717, 1.165) is 32.1 Å². The van der Waals surface area contributed by atoms with Gasteiger partial charge in [-0.15, -0.1) is 0 Å². The van der Waals surface area contributed by atoms with E-state index < -0.39 is 59.6 Å². The second kappa shape index (κ2) is 13.7. The molecule has 5 fully saturated rings. The molecule has 0 aromatic rings. The summed E-state index contributed by atoms with van der Waals surface area (Å²) in [4.78, 5) is 11.8. The van der Waals surface area contributed by atoms with Gasteiger partial charge in [-0.2, -0.15) is 0 Å². The summed E-state index contributed by atoms with van der Waals surface area (Å²) >= 11 is 0. The first kappa shape index (κ1) is 37.4. The minimum absolute atomic E-state index is 0.153. The van der Waals surface area contributed by atoms with Crippen LogP contribution in [0.1, 0.15) is 107 Å². The molecule has 0 aromatic carbocycles. The first-order chi connectivity index (χ1) is 22.0. The summed E-state index contributed by atoms with van der Waals surface area (Å²) < 4.78 is 39.4. The molecule has 5 heterocycles. The molecule has 0 amide bonds. The molecule has 5 rings (SSSR count). The third-order valence-corrected chi connectivity index (χ3v) is 13.0. The average molecular weight is 671 g/mol. The third kappa shape index (κ3) is 6.67. The van der Waals surface area contributed by atoms with Gasteiger partial charge < -0.3 is 48.8 Å². The van der Waals surface area contributed by atoms with E-state index in [-0.39, 0.29) is 54.0 Å². The maximum Gasteiger partial charge on any atom is 0.308 e. The number of rotatable bonds is 10. The Labute approximate surface area is 281 Å². The van der Waals surface area contributed by atoms with Gasteiger partial charge in [-0.1, -0.05) is 41.5 Å². The van der Waals surface area contributed by atoms with E-state index in [0.29, 0.717) is 19.3 Å². The number of ether oxygens (including phenoxy) is 6. The van der Waals surface area contributed by atoms with E-state index in [9.17, 15) is 25.2 Å². The Morgan fingerprint density at radius 1 is 1.02 bits per heavy atom. The summed E-state index contributed by atoms with van der Waals surface area (Å²) in [5.41, 5.74) is -1.15. The molecule has 0 aromatic heterocycles. The van der Waals surface area contributed by atoms with Gasteiger partial charge in [0.2, 0.25) is 0 Å². The van der Waals surface area contributed by atoms with Crippen LogP contribution < -0.4 is 0 Å². The Kier molecular flexibility index (Phi) is 10.9. The van der Waals surface area contributed by atoms with Crippen LogP contribution in [-0.4, -0.2) is 106 Å². The van der Waals surface area contributed by atoms with Crippen molar-refractivity contribution in [2.45, 2.75) is 172 Å². The lowest BCUT2D eigenvalue weighted by molar-refractivity contribution is -0.336. The van der Waals surface area contributed by atoms with Crippen LogP contribution in [0.2, 0.25) is 0 Å². The number of methoxy groups -OCH3 is 1. The van der Waals surface area contributed by atoms with Crippen molar-refractivity contribution in [3.8, 4) is 0 Å². The van der Waals surface area contributed by atoms with Gasteiger partial charge >= 0.3 is 5.97 Å². The second-order valence-electron chi connectivity index (χ2n) is 16.3. The number of aliphatic hydroxyl groups is 3. The zero-order valence-electron chi connectivity index (χ0n) is 30.0. The van der Waals surface area contributed by atoms with Crippen LogP contribution in [-0.2, 0) is 33.2 Å². The molecule has 0 saturated carbocycles. The molecule has 272 valence electrons. The molecule has 0 aliphatic carbocycles. The van der Waals surface area contributed by atoms with Gasteiger partial charge in [0.15, 0.2) is 11.6 Å². The fourth-order valence-corrected chi connectivity index (χ4v) is 9.91. The highest BCUT2D eigenvalue weighted by atomic mass is 16.7. The summed E-state index contributed by atoms with van der Waals surface area (Å²) in [6.07, 6.45) is 2.99. The molecule has 47 heavy (non-hydrogen) atoms. The van der Waals surface area contributed by atoms with Crippen LogP contribution in [0.4, 0.5) is 0 Å². The zero-order chi connectivity index (χ0) is 34.7. The Balaban J connectivity index is 1.29. The van der Waals surface area contributed by atoms with Crippen molar-refractivity contribution in [3.63, 3.8) is 0 Å². The van der Waals surface area contributed by atoms with E-state index in [1.165, 1.54) is 7.11 Å². The summed E-state index contributed by atoms with van der Waals surface area (Å²) in [5, 5.41) is 41.8. The summed E-state index contributed by atoms with van der Waals surface area (Å²) in [5.74, 6) is -4.52. The Bertz CT molecular complexity index is 1110. The predicted molar refractivity (Wildman–Crippen MR) is 172 cm³/mol. The van der Waals surface area contributed by atoms with Crippen molar-refractivity contribution in [1.29, 1.82) is 0 Å². The van der Waals surface area contributed by atoms with Crippen molar-refractivity contribution in [2.24, 2.45) is 35.5 Å². The Morgan fingerprint density at radius 3 is 2.34 bits per heavy atom. The maximum atomic E-state index is 11.8. The van der Waals surface area contributed by atoms with Crippen LogP contribution in [0.5, 0.6) is 0 Å². The first-order valence-corrected chi connectivity index (χ1v) is 18.1. The van der Waals surface area contributed by atoms with Crippen molar-refractivity contribution in [3.05, 3.63) is 0 Å². The van der Waals surface area contributed by atoms with Gasteiger partial charge in [0.05, 0.1) is 66.5 Å². The van der Waals surface area contributed by atoms with Gasteiger partial charge in [0, 0.05) is 37.7 Å². The topological polar surface area (TPSA) is 153 Å². The number of hydrogen-bond donors (Lipinski definition) is 4. The summed E-state index contributed by atoms with van der Waals surface area (Å²) in [6, 6.07) is 0. The lowest BCUT2D eigenvalue weighted by Crippen LogP contribution is -2.57. The molecule has 11 nitrogen and oxygen atoms in total. The van der Waals surface area contributed by atoms with E-state index in [1.54, 1.807) is 6.92 Å². The minimum atomic E-state index is -1.56. The number of hydrogen-bond acceptors (Lipinski definition) is 10. The molecule has 5 aliphatic heterocycles. The van der Waals surface area contributed by atoms with Crippen molar-refractivity contribution in [2.75, 3.05) is 13.7 Å². The van der Waals surface area contributed by atoms with E-state index >= 15 is 0 Å². The zero-order valence-corrected chi connectivity index (χ0v) is 30.0. The quantitative estimate of drug-likeness (QED) is 0.264. The van der Waals surface area contributed by atoms with Gasteiger partial charge in [0.1, 0.15) is 0 Å².